The number of benzene rings is 1. The Kier molecular flexibility index (Phi) is 6.49. The average molecular weight is 231 g/mol. The number of rotatable bonds is 3. The van der Waals surface area contributed by atoms with E-state index < -0.39 is 6.09 Å². The Bertz CT molecular complexity index is 301. The lowest BCUT2D eigenvalue weighted by Crippen LogP contribution is -2.10. The number of hydrogen-bond donors (Lipinski definition) is 2. The molecule has 0 saturated heterocycles. The molecule has 0 aromatic heterocycles. The van der Waals surface area contributed by atoms with Gasteiger partial charge in [-0.15, -0.1) is 12.4 Å². The first-order valence-corrected chi connectivity index (χ1v) is 4.40. The van der Waals surface area contributed by atoms with Gasteiger partial charge >= 0.3 is 6.09 Å². The zero-order valence-electron chi connectivity index (χ0n) is 8.53. The van der Waals surface area contributed by atoms with Crippen molar-refractivity contribution in [3.63, 3.8) is 0 Å². The van der Waals surface area contributed by atoms with Crippen LogP contribution in [0, 0.1) is 0 Å². The Morgan fingerprint density at radius 3 is 2.47 bits per heavy atom. The zero-order chi connectivity index (χ0) is 10.4. The van der Waals surface area contributed by atoms with Gasteiger partial charge in [0, 0.05) is 5.69 Å². The van der Waals surface area contributed by atoms with Gasteiger partial charge in [-0.3, -0.25) is 5.32 Å². The Hall–Kier alpha value is -1.26. The molecule has 0 saturated carbocycles. The van der Waals surface area contributed by atoms with Crippen molar-refractivity contribution >= 4 is 24.2 Å². The van der Waals surface area contributed by atoms with Crippen LogP contribution in [0.25, 0.3) is 0 Å². The lowest BCUT2D eigenvalue weighted by atomic mass is 10.1. The van der Waals surface area contributed by atoms with E-state index >= 15 is 0 Å². The van der Waals surface area contributed by atoms with E-state index in [1.807, 2.05) is 24.3 Å². The van der Waals surface area contributed by atoms with Crippen LogP contribution in [0.5, 0.6) is 0 Å². The van der Waals surface area contributed by atoms with Gasteiger partial charge < -0.3 is 10.5 Å². The van der Waals surface area contributed by atoms with Crippen molar-refractivity contribution in [2.24, 2.45) is 5.73 Å². The van der Waals surface area contributed by atoms with Crippen molar-refractivity contribution in [3.8, 4) is 0 Å². The topological polar surface area (TPSA) is 64.3 Å². The molecule has 1 rings (SSSR count). The Balaban J connectivity index is 0.00000196. The van der Waals surface area contributed by atoms with E-state index in [9.17, 15) is 4.79 Å². The molecule has 0 aliphatic carbocycles. The Labute approximate surface area is 95.2 Å². The molecule has 3 N–H and O–H groups in total. The van der Waals surface area contributed by atoms with E-state index in [0.717, 1.165) is 17.7 Å². The van der Waals surface area contributed by atoms with Crippen LogP contribution in [0.4, 0.5) is 10.5 Å². The summed E-state index contributed by atoms with van der Waals surface area (Å²) in [4.78, 5) is 10.8. The summed E-state index contributed by atoms with van der Waals surface area (Å²) < 4.78 is 4.46. The summed E-state index contributed by atoms with van der Waals surface area (Å²) in [6.07, 6.45) is 0.384. The summed E-state index contributed by atoms with van der Waals surface area (Å²) in [6, 6.07) is 7.50. The second kappa shape index (κ2) is 7.09. The second-order valence-corrected chi connectivity index (χ2v) is 2.85. The van der Waals surface area contributed by atoms with Gasteiger partial charge in [-0.2, -0.15) is 0 Å². The van der Waals surface area contributed by atoms with Gasteiger partial charge in [0.1, 0.15) is 0 Å². The highest BCUT2D eigenvalue weighted by Crippen LogP contribution is 2.09. The molecule has 0 spiro atoms. The normalized spacial score (nSPS) is 8.93. The standard InChI is InChI=1S/C10H14N2O2.ClH/c1-14-10(13)12-9-4-2-8(3-5-9)6-7-11;/h2-5H,6-7,11H2,1H3,(H,12,13);1H. The van der Waals surface area contributed by atoms with Crippen LogP contribution < -0.4 is 11.1 Å². The maximum atomic E-state index is 10.8. The SMILES string of the molecule is COC(=O)Nc1ccc(CCN)cc1.Cl. The Morgan fingerprint density at radius 2 is 2.00 bits per heavy atom. The molecule has 0 heterocycles. The first kappa shape index (κ1) is 13.7. The van der Waals surface area contributed by atoms with E-state index in [2.05, 4.69) is 10.1 Å². The molecule has 1 aromatic rings. The van der Waals surface area contributed by atoms with Crippen LogP contribution in [0.3, 0.4) is 0 Å². The largest absolute Gasteiger partial charge is 0.453 e. The fourth-order valence-electron chi connectivity index (χ4n) is 1.09. The maximum absolute atomic E-state index is 10.8. The summed E-state index contributed by atoms with van der Waals surface area (Å²) in [5.74, 6) is 0. The number of methoxy groups -OCH3 is 1. The van der Waals surface area contributed by atoms with Crippen molar-refractivity contribution in [2.45, 2.75) is 6.42 Å². The summed E-state index contributed by atoms with van der Waals surface area (Å²) in [6.45, 7) is 0.629. The minimum atomic E-state index is -0.462. The highest BCUT2D eigenvalue weighted by atomic mass is 35.5. The minimum absolute atomic E-state index is 0. The molecule has 1 aromatic carbocycles. The van der Waals surface area contributed by atoms with E-state index in [-0.39, 0.29) is 12.4 Å². The van der Waals surface area contributed by atoms with Gasteiger partial charge in [-0.05, 0) is 30.7 Å². The van der Waals surface area contributed by atoms with E-state index in [1.54, 1.807) is 0 Å². The summed E-state index contributed by atoms with van der Waals surface area (Å²) >= 11 is 0. The number of carbonyl (C=O) groups is 1. The van der Waals surface area contributed by atoms with Gasteiger partial charge in [-0.25, -0.2) is 4.79 Å². The number of anilines is 1. The first-order valence-electron chi connectivity index (χ1n) is 4.40. The second-order valence-electron chi connectivity index (χ2n) is 2.85. The van der Waals surface area contributed by atoms with Crippen molar-refractivity contribution in [1.82, 2.24) is 0 Å². The third-order valence-electron chi connectivity index (χ3n) is 1.82. The summed E-state index contributed by atoms with van der Waals surface area (Å²) in [5, 5.41) is 2.57. The average Bonchev–Trinajstić information content (AvgIpc) is 2.21. The zero-order valence-corrected chi connectivity index (χ0v) is 9.34. The maximum Gasteiger partial charge on any atom is 0.411 e. The number of ether oxygens (including phenoxy) is 1. The van der Waals surface area contributed by atoms with Crippen LogP contribution >= 0.6 is 12.4 Å². The van der Waals surface area contributed by atoms with Crippen LogP contribution in [0.15, 0.2) is 24.3 Å². The van der Waals surface area contributed by atoms with Crippen LogP contribution in [-0.2, 0) is 11.2 Å². The summed E-state index contributed by atoms with van der Waals surface area (Å²) in [5.41, 5.74) is 7.29. The number of halogens is 1. The molecule has 1 amide bonds. The van der Waals surface area contributed by atoms with Crippen LogP contribution in [-0.4, -0.2) is 19.7 Å². The number of nitrogens with one attached hydrogen (secondary N) is 1. The lowest BCUT2D eigenvalue weighted by Gasteiger charge is -2.04. The Morgan fingerprint density at radius 1 is 1.40 bits per heavy atom. The fourth-order valence-corrected chi connectivity index (χ4v) is 1.09. The molecule has 0 atom stereocenters. The number of carbonyl (C=O) groups excluding carboxylic acids is 1. The van der Waals surface area contributed by atoms with E-state index in [1.165, 1.54) is 7.11 Å². The van der Waals surface area contributed by atoms with Crippen LogP contribution in [0.2, 0.25) is 0 Å². The highest BCUT2D eigenvalue weighted by Gasteiger charge is 1.99. The molecular formula is C10H15ClN2O2. The van der Waals surface area contributed by atoms with Gasteiger partial charge in [-0.1, -0.05) is 12.1 Å². The van der Waals surface area contributed by atoms with E-state index in [4.69, 9.17) is 5.73 Å². The third-order valence-corrected chi connectivity index (χ3v) is 1.82. The molecule has 0 aliphatic heterocycles. The fraction of sp³-hybridized carbons (Fsp3) is 0.300. The van der Waals surface area contributed by atoms with Crippen molar-refractivity contribution in [3.05, 3.63) is 29.8 Å². The molecular weight excluding hydrogens is 216 g/mol. The monoisotopic (exact) mass is 230 g/mol. The van der Waals surface area contributed by atoms with Gasteiger partial charge in [0.2, 0.25) is 0 Å². The predicted octanol–water partition coefficient (Wildman–Crippen LogP) is 1.79. The molecule has 84 valence electrons. The lowest BCUT2D eigenvalue weighted by molar-refractivity contribution is 0.187. The van der Waals surface area contributed by atoms with Crippen molar-refractivity contribution in [2.75, 3.05) is 19.0 Å². The molecule has 5 heteroatoms. The van der Waals surface area contributed by atoms with E-state index in [0.29, 0.717) is 6.54 Å². The van der Waals surface area contributed by atoms with Crippen molar-refractivity contribution < 1.29 is 9.53 Å². The first-order chi connectivity index (χ1) is 6.76. The van der Waals surface area contributed by atoms with Gasteiger partial charge in [0.15, 0.2) is 0 Å². The molecule has 0 fully saturated rings. The molecule has 4 nitrogen and oxygen atoms in total. The number of amides is 1. The van der Waals surface area contributed by atoms with Gasteiger partial charge in [0.25, 0.3) is 0 Å². The summed E-state index contributed by atoms with van der Waals surface area (Å²) in [7, 11) is 1.33. The molecule has 15 heavy (non-hydrogen) atoms. The number of nitrogens with two attached hydrogens (primary N) is 1. The molecule has 0 bridgehead atoms. The third kappa shape index (κ3) is 4.67. The van der Waals surface area contributed by atoms with Crippen molar-refractivity contribution in [1.29, 1.82) is 0 Å². The molecule has 0 unspecified atom stereocenters. The van der Waals surface area contributed by atoms with Gasteiger partial charge in [0.05, 0.1) is 7.11 Å². The predicted molar refractivity (Wildman–Crippen MR) is 62.5 cm³/mol. The quantitative estimate of drug-likeness (QED) is 0.832. The molecule has 0 aliphatic rings. The highest BCUT2D eigenvalue weighted by molar-refractivity contribution is 5.85. The van der Waals surface area contributed by atoms with Crippen LogP contribution in [0.1, 0.15) is 5.56 Å². The molecule has 0 radical (unpaired) electrons. The number of hydrogen-bond acceptors (Lipinski definition) is 3. The smallest absolute Gasteiger partial charge is 0.411 e. The minimum Gasteiger partial charge on any atom is -0.453 e.